The van der Waals surface area contributed by atoms with Crippen LogP contribution in [0.25, 0.3) is 0 Å². The molecule has 3 rings (SSSR count). The lowest BCUT2D eigenvalue weighted by molar-refractivity contribution is 0.275. The van der Waals surface area contributed by atoms with Crippen LogP contribution in [-0.2, 0) is 19.4 Å². The molecule has 0 unspecified atom stereocenters. The normalized spacial score (nSPS) is 23.4. The van der Waals surface area contributed by atoms with Gasteiger partial charge in [-0.2, -0.15) is 0 Å². The van der Waals surface area contributed by atoms with Crippen LogP contribution >= 0.6 is 0 Å². The highest BCUT2D eigenvalue weighted by Gasteiger charge is 2.27. The molecule has 2 aliphatic rings. The number of hydrogen-bond acceptors (Lipinski definition) is 2. The second kappa shape index (κ2) is 4.17. The van der Waals surface area contributed by atoms with Crippen LogP contribution in [-0.4, -0.2) is 10.1 Å². The molecule has 0 spiro atoms. The first-order valence-electron chi connectivity index (χ1n) is 6.43. The van der Waals surface area contributed by atoms with E-state index in [9.17, 15) is 5.11 Å². The second-order valence-electron chi connectivity index (χ2n) is 5.35. The SMILES string of the molecule is OCc1nccc2c1C[C@@H](CCC1CC1)C2. The number of aliphatic hydroxyl groups is 1. The molecule has 0 saturated heterocycles. The van der Waals surface area contributed by atoms with Crippen LogP contribution in [0.1, 0.15) is 42.5 Å². The van der Waals surface area contributed by atoms with E-state index < -0.39 is 0 Å². The Balaban J connectivity index is 1.67. The third-order valence-corrected chi connectivity index (χ3v) is 4.07. The molecule has 1 atom stereocenters. The fraction of sp³-hybridized carbons (Fsp3) is 0.643. The Morgan fingerprint density at radius 2 is 2.00 bits per heavy atom. The average molecular weight is 217 g/mol. The highest BCUT2D eigenvalue weighted by Crippen LogP contribution is 2.38. The molecule has 1 saturated carbocycles. The fourth-order valence-electron chi connectivity index (χ4n) is 2.91. The summed E-state index contributed by atoms with van der Waals surface area (Å²) in [6.45, 7) is 0.0958. The molecule has 86 valence electrons. The van der Waals surface area contributed by atoms with Crippen molar-refractivity contribution in [3.63, 3.8) is 0 Å². The number of nitrogens with zero attached hydrogens (tertiary/aromatic N) is 1. The molecule has 16 heavy (non-hydrogen) atoms. The number of pyridine rings is 1. The topological polar surface area (TPSA) is 33.1 Å². The number of aromatic nitrogens is 1. The quantitative estimate of drug-likeness (QED) is 0.840. The summed E-state index contributed by atoms with van der Waals surface area (Å²) in [6.07, 6.45) is 9.90. The minimum Gasteiger partial charge on any atom is -0.390 e. The minimum atomic E-state index is 0.0958. The van der Waals surface area contributed by atoms with Gasteiger partial charge in [-0.1, -0.05) is 19.3 Å². The molecule has 0 bridgehead atoms. The third kappa shape index (κ3) is 1.99. The molecule has 1 aromatic rings. The predicted octanol–water partition coefficient (Wildman–Crippen LogP) is 2.48. The lowest BCUT2D eigenvalue weighted by Crippen LogP contribution is -2.01. The Bertz CT molecular complexity index is 384. The van der Waals surface area contributed by atoms with Crippen molar-refractivity contribution in [1.29, 1.82) is 0 Å². The van der Waals surface area contributed by atoms with Crippen molar-refractivity contribution in [3.05, 3.63) is 29.1 Å². The largest absolute Gasteiger partial charge is 0.390 e. The van der Waals surface area contributed by atoms with Gasteiger partial charge >= 0.3 is 0 Å². The fourth-order valence-corrected chi connectivity index (χ4v) is 2.91. The molecule has 0 aromatic carbocycles. The van der Waals surface area contributed by atoms with Crippen LogP contribution < -0.4 is 0 Å². The molecule has 0 radical (unpaired) electrons. The average Bonchev–Trinajstić information content (AvgIpc) is 3.04. The van der Waals surface area contributed by atoms with Gasteiger partial charge in [-0.3, -0.25) is 4.98 Å². The molecule has 2 nitrogen and oxygen atoms in total. The summed E-state index contributed by atoms with van der Waals surface area (Å²) in [6, 6.07) is 2.13. The monoisotopic (exact) mass is 217 g/mol. The second-order valence-corrected chi connectivity index (χ2v) is 5.35. The van der Waals surface area contributed by atoms with Gasteiger partial charge in [0, 0.05) is 6.20 Å². The lowest BCUT2D eigenvalue weighted by Gasteiger charge is -2.07. The molecule has 2 heteroatoms. The molecular formula is C14H19NO. The maximum atomic E-state index is 9.25. The van der Waals surface area contributed by atoms with Crippen molar-refractivity contribution in [1.82, 2.24) is 4.98 Å². The summed E-state index contributed by atoms with van der Waals surface area (Å²) in [5, 5.41) is 9.25. The maximum Gasteiger partial charge on any atom is 0.0855 e. The molecular weight excluding hydrogens is 198 g/mol. The lowest BCUT2D eigenvalue weighted by atomic mass is 9.98. The molecule has 0 aliphatic heterocycles. The summed E-state index contributed by atoms with van der Waals surface area (Å²) in [7, 11) is 0. The van der Waals surface area contributed by atoms with E-state index in [4.69, 9.17) is 0 Å². The third-order valence-electron chi connectivity index (χ3n) is 4.07. The smallest absolute Gasteiger partial charge is 0.0855 e. The van der Waals surface area contributed by atoms with Gasteiger partial charge in [0.25, 0.3) is 0 Å². The number of aliphatic hydroxyl groups excluding tert-OH is 1. The van der Waals surface area contributed by atoms with Crippen LogP contribution in [0.2, 0.25) is 0 Å². The summed E-state index contributed by atoms with van der Waals surface area (Å²) in [5.74, 6) is 1.85. The Hall–Kier alpha value is -0.890. The van der Waals surface area contributed by atoms with Crippen molar-refractivity contribution in [2.75, 3.05) is 0 Å². The van der Waals surface area contributed by atoms with Gasteiger partial charge in [-0.15, -0.1) is 0 Å². The van der Waals surface area contributed by atoms with Crippen molar-refractivity contribution in [2.24, 2.45) is 11.8 Å². The van der Waals surface area contributed by atoms with Gasteiger partial charge in [0.2, 0.25) is 0 Å². The highest BCUT2D eigenvalue weighted by atomic mass is 16.3. The standard InChI is InChI=1S/C14H19NO/c16-9-14-13-8-11(4-3-10-1-2-10)7-12(13)5-6-15-14/h5-6,10-11,16H,1-4,7-9H2/t11-/m0/s1. The number of hydrogen-bond donors (Lipinski definition) is 1. The first-order valence-corrected chi connectivity index (χ1v) is 6.43. The Morgan fingerprint density at radius 3 is 2.75 bits per heavy atom. The van der Waals surface area contributed by atoms with Crippen molar-refractivity contribution in [2.45, 2.75) is 45.1 Å². The first kappa shape index (κ1) is 10.3. The molecule has 1 heterocycles. The highest BCUT2D eigenvalue weighted by molar-refractivity contribution is 5.34. The van der Waals surface area contributed by atoms with E-state index in [-0.39, 0.29) is 6.61 Å². The number of rotatable bonds is 4. The Morgan fingerprint density at radius 1 is 1.19 bits per heavy atom. The molecule has 0 amide bonds. The summed E-state index contributed by atoms with van der Waals surface area (Å²) >= 11 is 0. The zero-order chi connectivity index (χ0) is 11.0. The van der Waals surface area contributed by atoms with Gasteiger partial charge in [-0.25, -0.2) is 0 Å². The number of fused-ring (bicyclic) bond motifs is 1. The van der Waals surface area contributed by atoms with Gasteiger partial charge in [0.1, 0.15) is 0 Å². The zero-order valence-electron chi connectivity index (χ0n) is 9.65. The van der Waals surface area contributed by atoms with E-state index >= 15 is 0 Å². The van der Waals surface area contributed by atoms with Gasteiger partial charge in [0.05, 0.1) is 12.3 Å². The van der Waals surface area contributed by atoms with Gasteiger partial charge in [-0.05, 0) is 48.3 Å². The Labute approximate surface area is 96.7 Å². The Kier molecular flexibility index (Phi) is 2.68. The van der Waals surface area contributed by atoms with Crippen LogP contribution in [0.5, 0.6) is 0 Å². The van der Waals surface area contributed by atoms with Crippen molar-refractivity contribution in [3.8, 4) is 0 Å². The summed E-state index contributed by atoms with van der Waals surface area (Å²) in [4.78, 5) is 4.26. The van der Waals surface area contributed by atoms with Crippen molar-refractivity contribution < 1.29 is 5.11 Å². The molecule has 2 aliphatic carbocycles. The summed E-state index contributed by atoms with van der Waals surface area (Å²) < 4.78 is 0. The van der Waals surface area contributed by atoms with Gasteiger partial charge in [0.15, 0.2) is 0 Å². The van der Waals surface area contributed by atoms with E-state index in [0.717, 1.165) is 24.0 Å². The van der Waals surface area contributed by atoms with Crippen LogP contribution in [0.3, 0.4) is 0 Å². The van der Waals surface area contributed by atoms with E-state index in [1.54, 1.807) is 0 Å². The van der Waals surface area contributed by atoms with E-state index in [0.29, 0.717) is 0 Å². The van der Waals surface area contributed by atoms with E-state index in [2.05, 4.69) is 11.1 Å². The van der Waals surface area contributed by atoms with E-state index in [1.807, 2.05) is 6.20 Å². The molecule has 1 N–H and O–H groups in total. The van der Waals surface area contributed by atoms with Gasteiger partial charge < -0.3 is 5.11 Å². The predicted molar refractivity (Wildman–Crippen MR) is 63.0 cm³/mol. The first-order chi connectivity index (χ1) is 7.86. The van der Waals surface area contributed by atoms with Crippen LogP contribution in [0.15, 0.2) is 12.3 Å². The van der Waals surface area contributed by atoms with Crippen LogP contribution in [0.4, 0.5) is 0 Å². The summed E-state index contributed by atoms with van der Waals surface area (Å²) in [5.41, 5.74) is 3.68. The zero-order valence-corrected chi connectivity index (χ0v) is 9.65. The van der Waals surface area contributed by atoms with E-state index in [1.165, 1.54) is 43.2 Å². The molecule has 1 aromatic heterocycles. The maximum absolute atomic E-state index is 9.25. The van der Waals surface area contributed by atoms with Crippen LogP contribution in [0, 0.1) is 11.8 Å². The van der Waals surface area contributed by atoms with Crippen molar-refractivity contribution >= 4 is 0 Å². The molecule has 1 fully saturated rings. The minimum absolute atomic E-state index is 0.0958.